The van der Waals surface area contributed by atoms with Crippen LogP contribution in [0, 0.1) is 6.92 Å². The summed E-state index contributed by atoms with van der Waals surface area (Å²) in [6.45, 7) is 3.44. The molecule has 1 aromatic heterocycles. The lowest BCUT2D eigenvalue weighted by atomic mass is 10.1. The SMILES string of the molecule is Cc1ccc(Cl)c(OCC(=O)N2CCc3sccc3C2)c1. The average molecular weight is 322 g/mol. The van der Waals surface area contributed by atoms with E-state index in [0.29, 0.717) is 17.3 Å². The fraction of sp³-hybridized carbons (Fsp3) is 0.312. The molecule has 110 valence electrons. The first-order valence-electron chi connectivity index (χ1n) is 6.85. The Bertz CT molecular complexity index is 668. The molecule has 3 rings (SSSR count). The number of carbonyl (C=O) groups is 1. The third-order valence-electron chi connectivity index (χ3n) is 3.60. The number of aryl methyl sites for hydroxylation is 1. The highest BCUT2D eigenvalue weighted by Gasteiger charge is 2.21. The Morgan fingerprint density at radius 2 is 2.29 bits per heavy atom. The van der Waals surface area contributed by atoms with Gasteiger partial charge in [0.1, 0.15) is 5.75 Å². The van der Waals surface area contributed by atoms with Crippen molar-refractivity contribution in [2.45, 2.75) is 19.9 Å². The van der Waals surface area contributed by atoms with Gasteiger partial charge in [0, 0.05) is 18.0 Å². The minimum Gasteiger partial charge on any atom is -0.482 e. The van der Waals surface area contributed by atoms with Gasteiger partial charge in [0.2, 0.25) is 0 Å². The average Bonchev–Trinajstić information content (AvgIpc) is 2.95. The highest BCUT2D eigenvalue weighted by Crippen LogP contribution is 2.26. The van der Waals surface area contributed by atoms with Crippen LogP contribution in [0.4, 0.5) is 0 Å². The number of fused-ring (bicyclic) bond motifs is 1. The Labute approximate surface area is 133 Å². The largest absolute Gasteiger partial charge is 0.482 e. The molecule has 0 aliphatic carbocycles. The van der Waals surface area contributed by atoms with Gasteiger partial charge in [0.15, 0.2) is 6.61 Å². The number of ether oxygens (including phenoxy) is 1. The number of carbonyl (C=O) groups excluding carboxylic acids is 1. The zero-order valence-corrected chi connectivity index (χ0v) is 13.3. The first-order chi connectivity index (χ1) is 10.1. The van der Waals surface area contributed by atoms with Crippen molar-refractivity contribution in [3.63, 3.8) is 0 Å². The van der Waals surface area contributed by atoms with Gasteiger partial charge in [0.25, 0.3) is 5.91 Å². The predicted octanol–water partition coefficient (Wildman–Crippen LogP) is 3.67. The molecule has 0 fully saturated rings. The second-order valence-electron chi connectivity index (χ2n) is 5.16. The maximum atomic E-state index is 12.3. The van der Waals surface area contributed by atoms with Gasteiger partial charge >= 0.3 is 0 Å². The second kappa shape index (κ2) is 6.08. The van der Waals surface area contributed by atoms with Crippen LogP contribution in [0.3, 0.4) is 0 Å². The number of halogens is 1. The fourth-order valence-corrected chi connectivity index (χ4v) is 3.48. The molecule has 1 aliphatic heterocycles. The molecule has 0 saturated heterocycles. The summed E-state index contributed by atoms with van der Waals surface area (Å²) in [5, 5.41) is 2.62. The van der Waals surface area contributed by atoms with Crippen LogP contribution in [-0.2, 0) is 17.8 Å². The zero-order valence-electron chi connectivity index (χ0n) is 11.8. The van der Waals surface area contributed by atoms with Crippen LogP contribution in [0.1, 0.15) is 16.0 Å². The van der Waals surface area contributed by atoms with E-state index in [0.717, 1.165) is 18.5 Å². The molecule has 2 heterocycles. The predicted molar refractivity (Wildman–Crippen MR) is 85.1 cm³/mol. The molecule has 2 aromatic rings. The van der Waals surface area contributed by atoms with Gasteiger partial charge in [-0.1, -0.05) is 17.7 Å². The van der Waals surface area contributed by atoms with E-state index in [-0.39, 0.29) is 12.5 Å². The molecular formula is C16H16ClNO2S. The first-order valence-corrected chi connectivity index (χ1v) is 8.11. The standard InChI is InChI=1S/C16H16ClNO2S/c1-11-2-3-13(17)14(8-11)20-10-16(19)18-6-4-15-12(9-18)5-7-21-15/h2-3,5,7-8H,4,6,9-10H2,1H3. The molecule has 0 atom stereocenters. The number of hydrogen-bond acceptors (Lipinski definition) is 3. The van der Waals surface area contributed by atoms with Crippen molar-refractivity contribution < 1.29 is 9.53 Å². The molecule has 1 aromatic carbocycles. The summed E-state index contributed by atoms with van der Waals surface area (Å²) in [6.07, 6.45) is 0.934. The smallest absolute Gasteiger partial charge is 0.260 e. The lowest BCUT2D eigenvalue weighted by Gasteiger charge is -2.27. The van der Waals surface area contributed by atoms with Crippen molar-refractivity contribution >= 4 is 28.8 Å². The molecule has 0 spiro atoms. The van der Waals surface area contributed by atoms with Crippen LogP contribution >= 0.6 is 22.9 Å². The zero-order chi connectivity index (χ0) is 14.8. The van der Waals surface area contributed by atoms with Crippen LogP contribution in [0.15, 0.2) is 29.6 Å². The highest BCUT2D eigenvalue weighted by atomic mass is 35.5. The topological polar surface area (TPSA) is 29.5 Å². The molecule has 1 amide bonds. The Kier molecular flexibility index (Phi) is 4.17. The summed E-state index contributed by atoms with van der Waals surface area (Å²) in [5.74, 6) is 0.572. The lowest BCUT2D eigenvalue weighted by molar-refractivity contribution is -0.134. The van der Waals surface area contributed by atoms with Crippen LogP contribution < -0.4 is 4.74 Å². The van der Waals surface area contributed by atoms with Crippen molar-refractivity contribution in [1.82, 2.24) is 4.90 Å². The second-order valence-corrected chi connectivity index (χ2v) is 6.56. The van der Waals surface area contributed by atoms with E-state index < -0.39 is 0 Å². The minimum atomic E-state index is 0.00410. The van der Waals surface area contributed by atoms with Crippen molar-refractivity contribution in [2.75, 3.05) is 13.2 Å². The molecule has 3 nitrogen and oxygen atoms in total. The van der Waals surface area contributed by atoms with Crippen LogP contribution in [0.25, 0.3) is 0 Å². The molecule has 0 radical (unpaired) electrons. The van der Waals surface area contributed by atoms with Gasteiger partial charge in [-0.2, -0.15) is 0 Å². The normalized spacial score (nSPS) is 13.9. The maximum Gasteiger partial charge on any atom is 0.260 e. The van der Waals surface area contributed by atoms with E-state index in [9.17, 15) is 4.79 Å². The van der Waals surface area contributed by atoms with Crippen molar-refractivity contribution in [1.29, 1.82) is 0 Å². The summed E-state index contributed by atoms with van der Waals surface area (Å²) in [7, 11) is 0. The van der Waals surface area contributed by atoms with Crippen molar-refractivity contribution in [3.8, 4) is 5.75 Å². The third-order valence-corrected chi connectivity index (χ3v) is 4.93. The fourth-order valence-electron chi connectivity index (χ4n) is 2.41. The molecule has 21 heavy (non-hydrogen) atoms. The van der Waals surface area contributed by atoms with Crippen molar-refractivity contribution in [3.05, 3.63) is 50.7 Å². The summed E-state index contributed by atoms with van der Waals surface area (Å²) in [4.78, 5) is 15.5. The summed E-state index contributed by atoms with van der Waals surface area (Å²) in [6, 6.07) is 7.65. The molecule has 5 heteroatoms. The Morgan fingerprint density at radius 1 is 1.43 bits per heavy atom. The van der Waals surface area contributed by atoms with E-state index in [1.807, 2.05) is 24.0 Å². The lowest BCUT2D eigenvalue weighted by Crippen LogP contribution is -2.38. The quantitative estimate of drug-likeness (QED) is 0.863. The van der Waals surface area contributed by atoms with Gasteiger partial charge in [-0.3, -0.25) is 4.79 Å². The molecule has 1 aliphatic rings. The number of thiophene rings is 1. The Morgan fingerprint density at radius 3 is 3.14 bits per heavy atom. The monoisotopic (exact) mass is 321 g/mol. The molecule has 0 N–H and O–H groups in total. The molecular weight excluding hydrogens is 306 g/mol. The van der Waals surface area contributed by atoms with Crippen LogP contribution in [0.2, 0.25) is 5.02 Å². The van der Waals surface area contributed by atoms with Gasteiger partial charge in [-0.25, -0.2) is 0 Å². The van der Waals surface area contributed by atoms with Gasteiger partial charge < -0.3 is 9.64 Å². The van der Waals surface area contributed by atoms with Crippen LogP contribution in [-0.4, -0.2) is 24.0 Å². The van der Waals surface area contributed by atoms with E-state index in [1.54, 1.807) is 17.4 Å². The van der Waals surface area contributed by atoms with E-state index in [4.69, 9.17) is 16.3 Å². The maximum absolute atomic E-state index is 12.3. The number of nitrogens with zero attached hydrogens (tertiary/aromatic N) is 1. The van der Waals surface area contributed by atoms with E-state index in [1.165, 1.54) is 10.4 Å². The Hall–Kier alpha value is -1.52. The summed E-state index contributed by atoms with van der Waals surface area (Å²) < 4.78 is 5.58. The summed E-state index contributed by atoms with van der Waals surface area (Å²) >= 11 is 7.84. The summed E-state index contributed by atoms with van der Waals surface area (Å²) in [5.41, 5.74) is 2.32. The number of hydrogen-bond donors (Lipinski definition) is 0. The number of benzene rings is 1. The minimum absolute atomic E-state index is 0.00410. The Balaban J connectivity index is 1.61. The van der Waals surface area contributed by atoms with Gasteiger partial charge in [-0.05, 0) is 48.1 Å². The molecule has 0 unspecified atom stereocenters. The highest BCUT2D eigenvalue weighted by molar-refractivity contribution is 7.10. The first kappa shape index (κ1) is 14.4. The third kappa shape index (κ3) is 3.22. The molecule has 0 bridgehead atoms. The van der Waals surface area contributed by atoms with Gasteiger partial charge in [-0.15, -0.1) is 11.3 Å². The number of amides is 1. The van der Waals surface area contributed by atoms with E-state index >= 15 is 0 Å². The molecule has 0 saturated carbocycles. The number of rotatable bonds is 3. The van der Waals surface area contributed by atoms with E-state index in [2.05, 4.69) is 11.4 Å². The van der Waals surface area contributed by atoms with Gasteiger partial charge in [0.05, 0.1) is 5.02 Å². The van der Waals surface area contributed by atoms with Crippen LogP contribution in [0.5, 0.6) is 5.75 Å². The van der Waals surface area contributed by atoms with Crippen molar-refractivity contribution in [2.24, 2.45) is 0 Å².